The van der Waals surface area contributed by atoms with Gasteiger partial charge in [0.1, 0.15) is 6.42 Å². The van der Waals surface area contributed by atoms with Crippen LogP contribution in [0.5, 0.6) is 0 Å². The van der Waals surface area contributed by atoms with Gasteiger partial charge in [-0.05, 0) is 61.5 Å². The van der Waals surface area contributed by atoms with Crippen molar-refractivity contribution in [3.8, 4) is 0 Å². The molecule has 0 bridgehead atoms. The Kier molecular flexibility index (Phi) is 14.6. The molecule has 0 atom stereocenters. The largest absolute Gasteiger partial charge is 0.344 e. The van der Waals surface area contributed by atoms with Gasteiger partial charge in [0.05, 0.1) is 11.4 Å². The van der Waals surface area contributed by atoms with Crippen LogP contribution < -0.4 is 20.9 Å². The van der Waals surface area contributed by atoms with Gasteiger partial charge in [0.15, 0.2) is 10.2 Å². The van der Waals surface area contributed by atoms with Crippen LogP contribution in [-0.4, -0.2) is 106 Å². The first-order valence-corrected chi connectivity index (χ1v) is 18.0. The third kappa shape index (κ3) is 10.8. The minimum absolute atomic E-state index is 0.149. The van der Waals surface area contributed by atoms with Crippen molar-refractivity contribution in [2.75, 3.05) is 62.4 Å². The Morgan fingerprint density at radius 3 is 1.22 bits per heavy atom. The maximum atomic E-state index is 13.4. The molecule has 2 aromatic rings. The number of hydrazine groups is 2. The number of thiocarbonyl (C=S) groups is 2. The summed E-state index contributed by atoms with van der Waals surface area (Å²) >= 11 is 11.7. The minimum Gasteiger partial charge on any atom is -0.344 e. The Balaban J connectivity index is 1.38. The van der Waals surface area contributed by atoms with Crippen molar-refractivity contribution < 1.29 is 19.2 Å². The zero-order valence-electron chi connectivity index (χ0n) is 28.5. The zero-order valence-corrected chi connectivity index (χ0v) is 30.1. The first-order valence-electron chi connectivity index (χ1n) is 17.1. The summed E-state index contributed by atoms with van der Waals surface area (Å²) in [4.78, 5) is 59.5. The second-order valence-corrected chi connectivity index (χ2v) is 12.8. The lowest BCUT2D eigenvalue weighted by molar-refractivity contribution is -0.133. The van der Waals surface area contributed by atoms with Gasteiger partial charge in [-0.2, -0.15) is 0 Å². The van der Waals surface area contributed by atoms with Crippen molar-refractivity contribution in [1.29, 1.82) is 0 Å². The predicted molar refractivity (Wildman–Crippen MR) is 199 cm³/mol. The van der Waals surface area contributed by atoms with E-state index in [0.717, 1.165) is 25.7 Å². The van der Waals surface area contributed by atoms with Gasteiger partial charge in [0.2, 0.25) is 23.6 Å². The maximum absolute atomic E-state index is 13.4. The van der Waals surface area contributed by atoms with Crippen molar-refractivity contribution >= 4 is 69.7 Å². The van der Waals surface area contributed by atoms with E-state index >= 15 is 0 Å². The lowest BCUT2D eigenvalue weighted by Crippen LogP contribution is -2.59. The van der Waals surface area contributed by atoms with Crippen LogP contribution in [0.3, 0.4) is 0 Å². The van der Waals surface area contributed by atoms with Gasteiger partial charge in [-0.3, -0.25) is 30.0 Å². The SMILES string of the molecule is CCCCC(=O)N1CCN(C(=S)N(NC(=O)CC(=O)NN(C(=S)N2CCN(C(=O)CCCC)CC2)c2ccccc2)c2ccccc2)CC1. The third-order valence-electron chi connectivity index (χ3n) is 8.50. The van der Waals surface area contributed by atoms with Crippen LogP contribution in [0, 0.1) is 0 Å². The molecule has 4 rings (SSSR count). The number of amides is 4. The molecule has 0 unspecified atom stereocenters. The number of para-hydroxylation sites is 2. The molecule has 2 saturated heterocycles. The molecule has 2 N–H and O–H groups in total. The minimum atomic E-state index is -0.560. The molecule has 0 aliphatic carbocycles. The summed E-state index contributed by atoms with van der Waals surface area (Å²) in [6.07, 6.45) is 4.26. The summed E-state index contributed by atoms with van der Waals surface area (Å²) in [7, 11) is 0. The van der Waals surface area contributed by atoms with Gasteiger partial charge >= 0.3 is 0 Å². The Hall–Kier alpha value is -4.30. The van der Waals surface area contributed by atoms with Crippen molar-refractivity contribution in [1.82, 2.24) is 30.5 Å². The summed E-state index contributed by atoms with van der Waals surface area (Å²) in [5, 5.41) is 3.78. The van der Waals surface area contributed by atoms with Crippen LogP contribution in [-0.2, 0) is 19.2 Å². The van der Waals surface area contributed by atoms with Crippen LogP contribution in [0.25, 0.3) is 0 Å². The quantitative estimate of drug-likeness (QED) is 0.216. The average Bonchev–Trinajstić information content (AvgIpc) is 3.14. The molecule has 2 heterocycles. The summed E-state index contributed by atoms with van der Waals surface area (Å²) in [5.41, 5.74) is 6.94. The molecular formula is C35H48N8O4S2. The first-order chi connectivity index (χ1) is 23.7. The Bertz CT molecular complexity index is 1320. The van der Waals surface area contributed by atoms with E-state index in [1.165, 1.54) is 10.0 Å². The van der Waals surface area contributed by atoms with E-state index in [1.807, 2.05) is 80.3 Å². The summed E-state index contributed by atoms with van der Waals surface area (Å²) < 4.78 is 0. The number of anilines is 2. The summed E-state index contributed by atoms with van der Waals surface area (Å²) in [5.74, 6) is -0.823. The van der Waals surface area contributed by atoms with Gasteiger partial charge in [-0.25, -0.2) is 10.0 Å². The highest BCUT2D eigenvalue weighted by molar-refractivity contribution is 7.80. The number of nitrogens with zero attached hydrogens (tertiary/aromatic N) is 6. The number of hydrogen-bond acceptors (Lipinski definition) is 6. The molecule has 2 aliphatic heterocycles. The second kappa shape index (κ2) is 19.0. The molecule has 264 valence electrons. The Morgan fingerprint density at radius 2 is 0.898 bits per heavy atom. The van der Waals surface area contributed by atoms with Gasteiger partial charge in [0, 0.05) is 65.2 Å². The lowest BCUT2D eigenvalue weighted by Gasteiger charge is -2.40. The molecule has 0 saturated carbocycles. The van der Waals surface area contributed by atoms with Crippen LogP contribution in [0.4, 0.5) is 11.4 Å². The maximum Gasteiger partial charge on any atom is 0.248 e. The molecular weight excluding hydrogens is 661 g/mol. The van der Waals surface area contributed by atoms with E-state index in [4.69, 9.17) is 24.4 Å². The van der Waals surface area contributed by atoms with Crippen molar-refractivity contribution in [3.63, 3.8) is 0 Å². The number of piperazine rings is 2. The van der Waals surface area contributed by atoms with Crippen molar-refractivity contribution in [2.24, 2.45) is 0 Å². The summed E-state index contributed by atoms with van der Waals surface area (Å²) in [6, 6.07) is 18.4. The van der Waals surface area contributed by atoms with Crippen molar-refractivity contribution in [2.45, 2.75) is 58.8 Å². The molecule has 2 aromatic carbocycles. The van der Waals surface area contributed by atoms with Gasteiger partial charge in [-0.15, -0.1) is 0 Å². The lowest BCUT2D eigenvalue weighted by atomic mass is 10.2. The molecule has 2 fully saturated rings. The van der Waals surface area contributed by atoms with E-state index < -0.39 is 18.2 Å². The van der Waals surface area contributed by atoms with E-state index in [1.54, 1.807) is 0 Å². The molecule has 2 aliphatic rings. The third-order valence-corrected chi connectivity index (χ3v) is 9.38. The topological polar surface area (TPSA) is 112 Å². The van der Waals surface area contributed by atoms with Gasteiger partial charge in [-0.1, -0.05) is 63.1 Å². The molecule has 0 spiro atoms. The monoisotopic (exact) mass is 708 g/mol. The summed E-state index contributed by atoms with van der Waals surface area (Å²) in [6.45, 7) is 8.42. The molecule has 14 heteroatoms. The predicted octanol–water partition coefficient (Wildman–Crippen LogP) is 3.69. The van der Waals surface area contributed by atoms with Crippen LogP contribution in [0.2, 0.25) is 0 Å². The van der Waals surface area contributed by atoms with E-state index in [-0.39, 0.29) is 11.8 Å². The fourth-order valence-corrected chi connectivity index (χ4v) is 6.29. The van der Waals surface area contributed by atoms with Crippen LogP contribution in [0.15, 0.2) is 60.7 Å². The highest BCUT2D eigenvalue weighted by Crippen LogP contribution is 2.18. The van der Waals surface area contributed by atoms with Crippen LogP contribution >= 0.6 is 24.4 Å². The van der Waals surface area contributed by atoms with E-state index in [2.05, 4.69) is 24.7 Å². The number of benzene rings is 2. The highest BCUT2D eigenvalue weighted by Gasteiger charge is 2.29. The molecule has 0 radical (unpaired) electrons. The number of nitrogens with one attached hydrogen (secondary N) is 2. The smallest absolute Gasteiger partial charge is 0.248 e. The molecule has 12 nitrogen and oxygen atoms in total. The molecule has 0 aromatic heterocycles. The molecule has 49 heavy (non-hydrogen) atoms. The molecule has 4 amide bonds. The first kappa shape index (κ1) is 37.5. The van der Waals surface area contributed by atoms with Crippen molar-refractivity contribution in [3.05, 3.63) is 60.7 Å². The standard InChI is InChI=1S/C35H48N8O4S2/c1-3-5-17-32(46)38-19-23-40(24-20-38)34(48)42(28-13-9-7-10-14-28)36-30(44)27-31(45)37-43(29-15-11-8-12-16-29)35(49)41-25-21-39(22-26-41)33(47)18-6-4-2/h7-16H,3-6,17-27H2,1-2H3,(H,36,44)(H,37,45). The van der Waals surface area contributed by atoms with E-state index in [0.29, 0.717) is 86.8 Å². The average molecular weight is 709 g/mol. The number of carbonyl (C=O) groups is 4. The Morgan fingerprint density at radius 1 is 0.571 bits per heavy atom. The van der Waals surface area contributed by atoms with Gasteiger partial charge in [0.25, 0.3) is 0 Å². The van der Waals surface area contributed by atoms with Gasteiger partial charge < -0.3 is 19.6 Å². The second-order valence-electron chi connectivity index (χ2n) is 12.1. The highest BCUT2D eigenvalue weighted by atomic mass is 32.1. The normalized spacial score (nSPS) is 14.6. The number of carbonyl (C=O) groups excluding carboxylic acids is 4. The number of rotatable bonds is 10. The fraction of sp³-hybridized carbons (Fsp3) is 0.486. The number of unbranched alkanes of at least 4 members (excludes halogenated alkanes) is 2. The van der Waals surface area contributed by atoms with E-state index in [9.17, 15) is 19.2 Å². The van der Waals surface area contributed by atoms with Crippen LogP contribution in [0.1, 0.15) is 58.8 Å². The number of hydrogen-bond donors (Lipinski definition) is 2. The fourth-order valence-electron chi connectivity index (χ4n) is 5.62. The Labute approximate surface area is 300 Å². The zero-order chi connectivity index (χ0) is 35.2.